The van der Waals surface area contributed by atoms with Gasteiger partial charge in [-0.3, -0.25) is 0 Å². The number of halogens is 2. The van der Waals surface area contributed by atoms with Gasteiger partial charge in [0.05, 0.1) is 10.7 Å². The zero-order valence-electron chi connectivity index (χ0n) is 9.10. The van der Waals surface area contributed by atoms with Crippen LogP contribution >= 0.6 is 11.6 Å². The molecule has 0 bridgehead atoms. The summed E-state index contributed by atoms with van der Waals surface area (Å²) in [5, 5.41) is 6.89. The van der Waals surface area contributed by atoms with Gasteiger partial charge in [-0.05, 0) is 44.0 Å². The normalized spacial score (nSPS) is 20.8. The Morgan fingerprint density at radius 1 is 1.50 bits per heavy atom. The smallest absolute Gasteiger partial charge is 0.147 e. The Hall–Kier alpha value is -0.800. The summed E-state index contributed by atoms with van der Waals surface area (Å²) in [5.41, 5.74) is 0.426. The van der Waals surface area contributed by atoms with E-state index in [-0.39, 0.29) is 5.82 Å². The number of anilines is 1. The molecule has 1 atom stereocenters. The molecule has 1 aliphatic rings. The first kappa shape index (κ1) is 11.7. The molecule has 0 aromatic heterocycles. The molecule has 0 radical (unpaired) electrons. The molecule has 1 saturated heterocycles. The van der Waals surface area contributed by atoms with E-state index in [4.69, 9.17) is 11.6 Å². The van der Waals surface area contributed by atoms with Crippen LogP contribution in [-0.2, 0) is 0 Å². The van der Waals surface area contributed by atoms with Crippen LogP contribution in [0.15, 0.2) is 18.2 Å². The minimum atomic E-state index is -0.281. The summed E-state index contributed by atoms with van der Waals surface area (Å²) in [6, 6.07) is 4.74. The fourth-order valence-corrected chi connectivity index (χ4v) is 2.24. The summed E-state index contributed by atoms with van der Waals surface area (Å²) < 4.78 is 13.4. The third-order valence-corrected chi connectivity index (χ3v) is 3.24. The number of piperidine rings is 1. The van der Waals surface area contributed by atoms with E-state index in [2.05, 4.69) is 10.6 Å². The molecule has 16 heavy (non-hydrogen) atoms. The lowest BCUT2D eigenvalue weighted by atomic mass is 10.00. The largest absolute Gasteiger partial charge is 0.381 e. The maximum absolute atomic E-state index is 13.4. The van der Waals surface area contributed by atoms with Crippen molar-refractivity contribution >= 4 is 17.3 Å². The first-order valence-corrected chi connectivity index (χ1v) is 6.04. The van der Waals surface area contributed by atoms with Crippen LogP contribution in [0.4, 0.5) is 10.1 Å². The molecule has 1 unspecified atom stereocenters. The molecule has 0 aliphatic carbocycles. The van der Waals surface area contributed by atoms with Crippen molar-refractivity contribution in [3.8, 4) is 0 Å². The van der Waals surface area contributed by atoms with Gasteiger partial charge in [-0.1, -0.05) is 17.7 Å². The highest BCUT2D eigenvalue weighted by Gasteiger charge is 2.14. The topological polar surface area (TPSA) is 24.1 Å². The van der Waals surface area contributed by atoms with Crippen LogP contribution in [0.5, 0.6) is 0 Å². The van der Waals surface area contributed by atoms with Crippen molar-refractivity contribution in [2.75, 3.05) is 25.0 Å². The summed E-state index contributed by atoms with van der Waals surface area (Å²) in [6.45, 7) is 2.86. The number of hydrogen-bond donors (Lipinski definition) is 2. The Morgan fingerprint density at radius 3 is 3.06 bits per heavy atom. The van der Waals surface area contributed by atoms with Gasteiger partial charge in [0.2, 0.25) is 0 Å². The second-order valence-corrected chi connectivity index (χ2v) is 4.60. The predicted octanol–water partition coefficient (Wildman–Crippen LogP) is 2.89. The zero-order valence-corrected chi connectivity index (χ0v) is 9.86. The van der Waals surface area contributed by atoms with E-state index < -0.39 is 0 Å². The van der Waals surface area contributed by atoms with Gasteiger partial charge in [-0.25, -0.2) is 4.39 Å². The summed E-state index contributed by atoms with van der Waals surface area (Å²) >= 11 is 5.93. The number of hydrogen-bond acceptors (Lipinski definition) is 2. The van der Waals surface area contributed by atoms with Gasteiger partial charge in [-0.15, -0.1) is 0 Å². The molecule has 88 valence electrons. The molecular formula is C12H16ClFN2. The molecule has 1 aliphatic heterocycles. The van der Waals surface area contributed by atoms with E-state index in [1.807, 2.05) is 0 Å². The van der Waals surface area contributed by atoms with Crippen LogP contribution in [0.3, 0.4) is 0 Å². The Labute approximate surface area is 100 Å². The molecule has 1 fully saturated rings. The minimum absolute atomic E-state index is 0.281. The van der Waals surface area contributed by atoms with Gasteiger partial charge in [0, 0.05) is 6.54 Å². The first-order chi connectivity index (χ1) is 7.77. The van der Waals surface area contributed by atoms with Crippen molar-refractivity contribution in [3.05, 3.63) is 29.0 Å². The van der Waals surface area contributed by atoms with Crippen LogP contribution in [0.2, 0.25) is 5.02 Å². The SMILES string of the molecule is Fc1cccc(Cl)c1NCC1CCCNC1. The zero-order chi connectivity index (χ0) is 11.4. The van der Waals surface area contributed by atoms with Crippen LogP contribution in [0, 0.1) is 11.7 Å². The average Bonchev–Trinajstić information content (AvgIpc) is 2.30. The van der Waals surface area contributed by atoms with Crippen LogP contribution in [0.1, 0.15) is 12.8 Å². The van der Waals surface area contributed by atoms with Gasteiger partial charge >= 0.3 is 0 Å². The van der Waals surface area contributed by atoms with Crippen molar-refractivity contribution in [2.45, 2.75) is 12.8 Å². The molecule has 2 nitrogen and oxygen atoms in total. The third kappa shape index (κ3) is 2.86. The molecule has 1 aromatic carbocycles. The molecule has 2 N–H and O–H groups in total. The lowest BCUT2D eigenvalue weighted by molar-refractivity contribution is 0.392. The lowest BCUT2D eigenvalue weighted by Crippen LogP contribution is -2.33. The second kappa shape index (κ2) is 5.51. The molecular weight excluding hydrogens is 227 g/mol. The van der Waals surface area contributed by atoms with E-state index in [1.54, 1.807) is 12.1 Å². The number of para-hydroxylation sites is 1. The van der Waals surface area contributed by atoms with E-state index in [1.165, 1.54) is 18.9 Å². The Balaban J connectivity index is 1.93. The number of benzene rings is 1. The van der Waals surface area contributed by atoms with Gasteiger partial charge in [0.15, 0.2) is 0 Å². The van der Waals surface area contributed by atoms with Crippen molar-refractivity contribution < 1.29 is 4.39 Å². The van der Waals surface area contributed by atoms with Gasteiger partial charge in [0.25, 0.3) is 0 Å². The van der Waals surface area contributed by atoms with Crippen LogP contribution < -0.4 is 10.6 Å². The van der Waals surface area contributed by atoms with Crippen molar-refractivity contribution in [1.82, 2.24) is 5.32 Å². The Morgan fingerprint density at radius 2 is 2.38 bits per heavy atom. The van der Waals surface area contributed by atoms with Gasteiger partial charge in [-0.2, -0.15) is 0 Å². The standard InChI is InChI=1S/C12H16ClFN2/c13-10-4-1-5-11(14)12(10)16-8-9-3-2-6-15-7-9/h1,4-5,9,15-16H,2-3,6-8H2. The molecule has 1 heterocycles. The first-order valence-electron chi connectivity index (χ1n) is 5.66. The monoisotopic (exact) mass is 242 g/mol. The van der Waals surface area contributed by atoms with Crippen molar-refractivity contribution in [3.63, 3.8) is 0 Å². The minimum Gasteiger partial charge on any atom is -0.381 e. The highest BCUT2D eigenvalue weighted by molar-refractivity contribution is 6.33. The van der Waals surface area contributed by atoms with Crippen molar-refractivity contribution in [2.24, 2.45) is 5.92 Å². The maximum atomic E-state index is 13.4. The predicted molar refractivity (Wildman–Crippen MR) is 65.5 cm³/mol. The fraction of sp³-hybridized carbons (Fsp3) is 0.500. The molecule has 0 amide bonds. The molecule has 2 rings (SSSR count). The van der Waals surface area contributed by atoms with E-state index in [9.17, 15) is 4.39 Å². The second-order valence-electron chi connectivity index (χ2n) is 4.19. The average molecular weight is 243 g/mol. The highest BCUT2D eigenvalue weighted by Crippen LogP contribution is 2.25. The third-order valence-electron chi connectivity index (χ3n) is 2.93. The van der Waals surface area contributed by atoms with E-state index >= 15 is 0 Å². The lowest BCUT2D eigenvalue weighted by Gasteiger charge is -2.23. The molecule has 4 heteroatoms. The molecule has 0 saturated carbocycles. The maximum Gasteiger partial charge on any atom is 0.147 e. The van der Waals surface area contributed by atoms with Crippen LogP contribution in [0.25, 0.3) is 0 Å². The quantitative estimate of drug-likeness (QED) is 0.852. The Bertz CT molecular complexity index is 331. The summed E-state index contributed by atoms with van der Waals surface area (Å²) in [7, 11) is 0. The van der Waals surface area contributed by atoms with Crippen molar-refractivity contribution in [1.29, 1.82) is 0 Å². The Kier molecular flexibility index (Phi) is 4.02. The van der Waals surface area contributed by atoms with E-state index in [0.29, 0.717) is 16.6 Å². The highest BCUT2D eigenvalue weighted by atomic mass is 35.5. The van der Waals surface area contributed by atoms with Crippen LogP contribution in [-0.4, -0.2) is 19.6 Å². The summed E-state index contributed by atoms with van der Waals surface area (Å²) in [5.74, 6) is 0.278. The van der Waals surface area contributed by atoms with E-state index in [0.717, 1.165) is 19.6 Å². The number of rotatable bonds is 3. The summed E-state index contributed by atoms with van der Waals surface area (Å²) in [6.07, 6.45) is 2.38. The summed E-state index contributed by atoms with van der Waals surface area (Å²) in [4.78, 5) is 0. The molecule has 0 spiro atoms. The number of nitrogens with one attached hydrogen (secondary N) is 2. The van der Waals surface area contributed by atoms with Gasteiger partial charge < -0.3 is 10.6 Å². The fourth-order valence-electron chi connectivity index (χ4n) is 2.01. The molecule has 1 aromatic rings. The van der Waals surface area contributed by atoms with Gasteiger partial charge in [0.1, 0.15) is 5.82 Å².